The van der Waals surface area contributed by atoms with Gasteiger partial charge in [-0.1, -0.05) is 30.3 Å². The molecule has 3 aromatic rings. The lowest BCUT2D eigenvalue weighted by Crippen LogP contribution is -2.23. The van der Waals surface area contributed by atoms with Gasteiger partial charge in [-0.2, -0.15) is 10.1 Å². The summed E-state index contributed by atoms with van der Waals surface area (Å²) >= 11 is 0. The van der Waals surface area contributed by atoms with Crippen LogP contribution in [-0.4, -0.2) is 25.9 Å². The van der Waals surface area contributed by atoms with E-state index < -0.39 is 0 Å². The molecule has 0 fully saturated rings. The quantitative estimate of drug-likeness (QED) is 0.707. The molecule has 1 aromatic carbocycles. The molecule has 0 saturated carbocycles. The Morgan fingerprint density at radius 2 is 2.00 bits per heavy atom. The molecule has 21 heavy (non-hydrogen) atoms. The van der Waals surface area contributed by atoms with Crippen molar-refractivity contribution in [3.8, 4) is 0 Å². The second-order valence-electron chi connectivity index (χ2n) is 5.28. The summed E-state index contributed by atoms with van der Waals surface area (Å²) < 4.78 is 3.39. The van der Waals surface area contributed by atoms with E-state index in [4.69, 9.17) is 0 Å². The van der Waals surface area contributed by atoms with Crippen LogP contribution in [0.1, 0.15) is 5.56 Å². The molecule has 3 heterocycles. The number of rotatable bonds is 2. The molecule has 0 bridgehead atoms. The lowest BCUT2D eigenvalue weighted by molar-refractivity contribution is 0.752. The van der Waals surface area contributed by atoms with E-state index in [1.54, 1.807) is 15.4 Å². The summed E-state index contributed by atoms with van der Waals surface area (Å²) in [5, 5.41) is 4.71. The Morgan fingerprint density at radius 1 is 1.19 bits per heavy atom. The summed E-state index contributed by atoms with van der Waals surface area (Å²) in [5.41, 5.74) is 1.86. The number of nitrogens with zero attached hydrogens (tertiary/aromatic N) is 5. The highest BCUT2D eigenvalue weighted by molar-refractivity contribution is 5.75. The standard InChI is InChI=1S/C15H15N5O/c1-18-13-12(9-16-18)14(21)20-8-7-19(15(20)17-13)10-11-5-3-2-4-6-11/h2-6,9H,7-8,10H2,1H3. The summed E-state index contributed by atoms with van der Waals surface area (Å²) in [6, 6.07) is 10.2. The fraction of sp³-hybridized carbons (Fsp3) is 0.267. The summed E-state index contributed by atoms with van der Waals surface area (Å²) in [6.07, 6.45) is 1.60. The lowest BCUT2D eigenvalue weighted by atomic mass is 10.2. The van der Waals surface area contributed by atoms with Crippen molar-refractivity contribution in [2.24, 2.45) is 7.05 Å². The lowest BCUT2D eigenvalue weighted by Gasteiger charge is -2.17. The van der Waals surface area contributed by atoms with Crippen molar-refractivity contribution in [2.75, 3.05) is 11.4 Å². The molecule has 0 saturated heterocycles. The predicted molar refractivity (Wildman–Crippen MR) is 80.3 cm³/mol. The molecule has 4 rings (SSSR count). The van der Waals surface area contributed by atoms with Gasteiger partial charge >= 0.3 is 0 Å². The molecule has 106 valence electrons. The molecular weight excluding hydrogens is 266 g/mol. The molecule has 1 aliphatic rings. The summed E-state index contributed by atoms with van der Waals surface area (Å²) in [5.74, 6) is 0.736. The molecule has 0 atom stereocenters. The van der Waals surface area contributed by atoms with Crippen LogP contribution in [-0.2, 0) is 20.1 Å². The third-order valence-corrected chi connectivity index (χ3v) is 3.92. The fourth-order valence-electron chi connectivity index (χ4n) is 2.82. The van der Waals surface area contributed by atoms with Crippen molar-refractivity contribution < 1.29 is 0 Å². The Bertz CT molecular complexity index is 865. The maximum Gasteiger partial charge on any atom is 0.266 e. The summed E-state index contributed by atoms with van der Waals surface area (Å²) in [7, 11) is 1.81. The highest BCUT2D eigenvalue weighted by Gasteiger charge is 2.24. The number of fused-ring (bicyclic) bond motifs is 2. The normalized spacial score (nSPS) is 13.9. The van der Waals surface area contributed by atoms with Gasteiger partial charge in [0.15, 0.2) is 5.65 Å². The molecule has 2 aromatic heterocycles. The Kier molecular flexibility index (Phi) is 2.57. The molecule has 0 unspecified atom stereocenters. The predicted octanol–water partition coefficient (Wildman–Crippen LogP) is 1.15. The van der Waals surface area contributed by atoms with Gasteiger partial charge < -0.3 is 4.90 Å². The van der Waals surface area contributed by atoms with E-state index in [-0.39, 0.29) is 5.56 Å². The van der Waals surface area contributed by atoms with Crippen LogP contribution in [0.3, 0.4) is 0 Å². The van der Waals surface area contributed by atoms with Crippen LogP contribution in [0.15, 0.2) is 41.3 Å². The molecule has 0 N–H and O–H groups in total. The highest BCUT2D eigenvalue weighted by atomic mass is 16.1. The second kappa shape index (κ2) is 4.44. The number of hydrogen-bond acceptors (Lipinski definition) is 4. The van der Waals surface area contributed by atoms with Crippen LogP contribution < -0.4 is 10.5 Å². The van der Waals surface area contributed by atoms with Crippen LogP contribution in [0.25, 0.3) is 11.0 Å². The van der Waals surface area contributed by atoms with Gasteiger partial charge in [-0.25, -0.2) is 0 Å². The van der Waals surface area contributed by atoms with E-state index in [9.17, 15) is 4.79 Å². The van der Waals surface area contributed by atoms with Crippen LogP contribution >= 0.6 is 0 Å². The van der Waals surface area contributed by atoms with Crippen LogP contribution in [0, 0.1) is 0 Å². The van der Waals surface area contributed by atoms with Crippen molar-refractivity contribution >= 4 is 17.0 Å². The maximum absolute atomic E-state index is 12.5. The monoisotopic (exact) mass is 281 g/mol. The molecule has 6 heteroatoms. The van der Waals surface area contributed by atoms with Gasteiger partial charge in [0.25, 0.3) is 5.56 Å². The van der Waals surface area contributed by atoms with Gasteiger partial charge in [0.2, 0.25) is 5.95 Å². The van der Waals surface area contributed by atoms with Gasteiger partial charge in [-0.05, 0) is 5.56 Å². The van der Waals surface area contributed by atoms with Crippen molar-refractivity contribution in [1.29, 1.82) is 0 Å². The molecule has 0 amide bonds. The minimum absolute atomic E-state index is 0.00124. The number of benzene rings is 1. The summed E-state index contributed by atoms with van der Waals surface area (Å²) in [4.78, 5) is 19.3. The number of aryl methyl sites for hydroxylation is 1. The maximum atomic E-state index is 12.5. The minimum atomic E-state index is -0.00124. The fourth-order valence-corrected chi connectivity index (χ4v) is 2.82. The zero-order valence-electron chi connectivity index (χ0n) is 11.7. The second-order valence-corrected chi connectivity index (χ2v) is 5.28. The van der Waals surface area contributed by atoms with E-state index in [0.29, 0.717) is 17.6 Å². The first-order valence-corrected chi connectivity index (χ1v) is 6.95. The number of hydrogen-bond donors (Lipinski definition) is 0. The highest BCUT2D eigenvalue weighted by Crippen LogP contribution is 2.21. The number of aromatic nitrogens is 4. The van der Waals surface area contributed by atoms with Gasteiger partial charge in [0.1, 0.15) is 5.39 Å². The van der Waals surface area contributed by atoms with Gasteiger partial charge in [0, 0.05) is 26.7 Å². The first-order valence-electron chi connectivity index (χ1n) is 6.95. The zero-order chi connectivity index (χ0) is 14.4. The third kappa shape index (κ3) is 1.83. The van der Waals surface area contributed by atoms with Crippen LogP contribution in [0.4, 0.5) is 5.95 Å². The van der Waals surface area contributed by atoms with Crippen molar-refractivity contribution in [3.05, 3.63) is 52.4 Å². The van der Waals surface area contributed by atoms with E-state index in [2.05, 4.69) is 27.1 Å². The number of anilines is 1. The summed E-state index contributed by atoms with van der Waals surface area (Å²) in [6.45, 7) is 2.25. The topological polar surface area (TPSA) is 56.0 Å². The van der Waals surface area contributed by atoms with Gasteiger partial charge in [-0.3, -0.25) is 14.0 Å². The molecule has 0 aliphatic carbocycles. The average Bonchev–Trinajstić information content (AvgIpc) is 3.07. The van der Waals surface area contributed by atoms with Gasteiger partial charge in [0.05, 0.1) is 6.20 Å². The van der Waals surface area contributed by atoms with Gasteiger partial charge in [-0.15, -0.1) is 0 Å². The largest absolute Gasteiger partial charge is 0.336 e. The Morgan fingerprint density at radius 3 is 2.81 bits per heavy atom. The van der Waals surface area contributed by atoms with Crippen molar-refractivity contribution in [1.82, 2.24) is 19.3 Å². The van der Waals surface area contributed by atoms with Crippen LogP contribution in [0.2, 0.25) is 0 Å². The van der Waals surface area contributed by atoms with E-state index in [1.807, 2.05) is 25.2 Å². The Hall–Kier alpha value is -2.63. The van der Waals surface area contributed by atoms with Crippen molar-refractivity contribution in [2.45, 2.75) is 13.1 Å². The third-order valence-electron chi connectivity index (χ3n) is 3.92. The molecule has 6 nitrogen and oxygen atoms in total. The average molecular weight is 281 g/mol. The Balaban J connectivity index is 1.81. The van der Waals surface area contributed by atoms with E-state index in [1.165, 1.54) is 5.56 Å². The molecular formula is C15H15N5O. The SMILES string of the molecule is Cn1ncc2c(=O)n3c(nc21)N(Cc1ccccc1)CC3. The zero-order valence-corrected chi connectivity index (χ0v) is 11.7. The van der Waals surface area contributed by atoms with E-state index >= 15 is 0 Å². The molecule has 0 radical (unpaired) electrons. The van der Waals surface area contributed by atoms with Crippen molar-refractivity contribution in [3.63, 3.8) is 0 Å². The smallest absolute Gasteiger partial charge is 0.266 e. The first-order chi connectivity index (χ1) is 10.2. The Labute approximate surface area is 121 Å². The molecule has 0 spiro atoms. The first kappa shape index (κ1) is 12.1. The van der Waals surface area contributed by atoms with E-state index in [0.717, 1.165) is 19.0 Å². The molecule has 1 aliphatic heterocycles. The van der Waals surface area contributed by atoms with Crippen LogP contribution in [0.5, 0.6) is 0 Å². The minimum Gasteiger partial charge on any atom is -0.336 e.